The van der Waals surface area contributed by atoms with Crippen molar-refractivity contribution in [2.45, 2.75) is 25.8 Å². The molecule has 2 aromatic rings. The number of hydrogen-bond donors (Lipinski definition) is 1. The van der Waals surface area contributed by atoms with Crippen molar-refractivity contribution in [3.63, 3.8) is 0 Å². The third kappa shape index (κ3) is 3.37. The maximum Gasteiger partial charge on any atom is 0.0756 e. The molecule has 1 aromatic heterocycles. The summed E-state index contributed by atoms with van der Waals surface area (Å²) < 4.78 is 0. The number of aryl methyl sites for hydroxylation is 2. The second-order valence-electron chi connectivity index (χ2n) is 4.50. The molecule has 1 N–H and O–H groups in total. The van der Waals surface area contributed by atoms with Gasteiger partial charge in [-0.05, 0) is 32.4 Å². The fraction of sp³-hybridized carbons (Fsp3) is 0.333. The van der Waals surface area contributed by atoms with Gasteiger partial charge >= 0.3 is 0 Å². The molecule has 3 nitrogen and oxygen atoms in total. The van der Waals surface area contributed by atoms with Crippen molar-refractivity contribution in [1.82, 2.24) is 15.3 Å². The van der Waals surface area contributed by atoms with Crippen molar-refractivity contribution in [1.29, 1.82) is 0 Å². The average Bonchev–Trinajstić information content (AvgIpc) is 2.41. The minimum absolute atomic E-state index is 0.263. The lowest BCUT2D eigenvalue weighted by Gasteiger charge is -2.15. The fourth-order valence-electron chi connectivity index (χ4n) is 2.11. The largest absolute Gasteiger partial charge is 0.312 e. The number of aromatic nitrogens is 2. The van der Waals surface area contributed by atoms with Crippen LogP contribution in [0.25, 0.3) is 0 Å². The Hall–Kier alpha value is -1.74. The highest BCUT2D eigenvalue weighted by Gasteiger charge is 2.10. The van der Waals surface area contributed by atoms with Crippen molar-refractivity contribution in [2.75, 3.05) is 7.05 Å². The van der Waals surface area contributed by atoms with Crippen molar-refractivity contribution in [2.24, 2.45) is 0 Å². The molecule has 3 heteroatoms. The quantitative estimate of drug-likeness (QED) is 0.874. The van der Waals surface area contributed by atoms with E-state index in [2.05, 4.69) is 46.5 Å². The monoisotopic (exact) mass is 241 g/mol. The third-order valence-corrected chi connectivity index (χ3v) is 3.09. The second-order valence-corrected chi connectivity index (χ2v) is 4.50. The molecule has 0 bridgehead atoms. The zero-order chi connectivity index (χ0) is 12.8. The Balaban J connectivity index is 2.00. The minimum atomic E-state index is 0.263. The maximum absolute atomic E-state index is 4.35. The Bertz CT molecular complexity index is 482. The van der Waals surface area contributed by atoms with E-state index >= 15 is 0 Å². The van der Waals surface area contributed by atoms with Gasteiger partial charge in [0, 0.05) is 18.6 Å². The third-order valence-electron chi connectivity index (χ3n) is 3.09. The Morgan fingerprint density at radius 3 is 2.83 bits per heavy atom. The molecule has 1 aromatic carbocycles. The molecule has 0 radical (unpaired) electrons. The summed E-state index contributed by atoms with van der Waals surface area (Å²) in [5, 5.41) is 3.30. The lowest BCUT2D eigenvalue weighted by molar-refractivity contribution is 0.533. The number of nitrogens with one attached hydrogen (secondary N) is 1. The van der Waals surface area contributed by atoms with Crippen LogP contribution in [0, 0.1) is 6.92 Å². The molecule has 1 unspecified atom stereocenters. The molecule has 0 aliphatic rings. The SMILES string of the molecule is CNC(CCc1cccc(C)c1)c1cnccn1. The number of rotatable bonds is 5. The normalized spacial score (nSPS) is 12.3. The van der Waals surface area contributed by atoms with Crippen LogP contribution in [0.15, 0.2) is 42.9 Å². The van der Waals surface area contributed by atoms with Gasteiger partial charge in [-0.25, -0.2) is 0 Å². The van der Waals surface area contributed by atoms with Gasteiger partial charge < -0.3 is 5.32 Å². The van der Waals surface area contributed by atoms with Crippen molar-refractivity contribution in [3.8, 4) is 0 Å². The number of nitrogens with zero attached hydrogens (tertiary/aromatic N) is 2. The topological polar surface area (TPSA) is 37.8 Å². The van der Waals surface area contributed by atoms with E-state index in [9.17, 15) is 0 Å². The van der Waals surface area contributed by atoms with E-state index in [0.29, 0.717) is 0 Å². The zero-order valence-corrected chi connectivity index (χ0v) is 10.9. The first-order chi connectivity index (χ1) is 8.79. The number of benzene rings is 1. The molecular formula is C15H19N3. The van der Waals surface area contributed by atoms with Crippen LogP contribution >= 0.6 is 0 Å². The average molecular weight is 241 g/mol. The van der Waals surface area contributed by atoms with Crippen molar-refractivity contribution in [3.05, 3.63) is 59.7 Å². The van der Waals surface area contributed by atoms with Crippen LogP contribution in [-0.2, 0) is 6.42 Å². The highest BCUT2D eigenvalue weighted by Crippen LogP contribution is 2.16. The summed E-state index contributed by atoms with van der Waals surface area (Å²) in [6.07, 6.45) is 7.35. The summed E-state index contributed by atoms with van der Waals surface area (Å²) in [4.78, 5) is 8.47. The van der Waals surface area contributed by atoms with Crippen LogP contribution in [0.1, 0.15) is 29.3 Å². The molecule has 94 valence electrons. The van der Waals surface area contributed by atoms with Crippen LogP contribution in [-0.4, -0.2) is 17.0 Å². The van der Waals surface area contributed by atoms with Gasteiger partial charge in [-0.3, -0.25) is 9.97 Å². The second kappa shape index (κ2) is 6.26. The van der Waals surface area contributed by atoms with E-state index in [-0.39, 0.29) is 6.04 Å². The van der Waals surface area contributed by atoms with E-state index in [4.69, 9.17) is 0 Å². The van der Waals surface area contributed by atoms with E-state index in [1.165, 1.54) is 11.1 Å². The summed E-state index contributed by atoms with van der Waals surface area (Å²) in [6, 6.07) is 8.92. The van der Waals surface area contributed by atoms with Crippen molar-refractivity contribution < 1.29 is 0 Å². The highest BCUT2D eigenvalue weighted by molar-refractivity contribution is 5.22. The predicted octanol–water partition coefficient (Wildman–Crippen LogP) is 2.68. The lowest BCUT2D eigenvalue weighted by Crippen LogP contribution is -2.18. The molecule has 1 atom stereocenters. The van der Waals surface area contributed by atoms with E-state index in [0.717, 1.165) is 18.5 Å². The minimum Gasteiger partial charge on any atom is -0.312 e. The molecule has 18 heavy (non-hydrogen) atoms. The first kappa shape index (κ1) is 12.7. The summed E-state index contributed by atoms with van der Waals surface area (Å²) >= 11 is 0. The van der Waals surface area contributed by atoms with E-state index < -0.39 is 0 Å². The van der Waals surface area contributed by atoms with Gasteiger partial charge in [0.25, 0.3) is 0 Å². The molecule has 0 saturated heterocycles. The standard InChI is InChI=1S/C15H19N3/c1-12-4-3-5-13(10-12)6-7-14(16-2)15-11-17-8-9-18-15/h3-5,8-11,14,16H,6-7H2,1-2H3. The van der Waals surface area contributed by atoms with Crippen LogP contribution < -0.4 is 5.32 Å². The predicted molar refractivity (Wildman–Crippen MR) is 73.3 cm³/mol. The van der Waals surface area contributed by atoms with Crippen LogP contribution in [0.2, 0.25) is 0 Å². The van der Waals surface area contributed by atoms with Gasteiger partial charge in [-0.1, -0.05) is 29.8 Å². The van der Waals surface area contributed by atoms with Crippen LogP contribution in [0.5, 0.6) is 0 Å². The van der Waals surface area contributed by atoms with Gasteiger partial charge in [0.05, 0.1) is 11.7 Å². The van der Waals surface area contributed by atoms with Crippen LogP contribution in [0.4, 0.5) is 0 Å². The molecule has 0 spiro atoms. The number of hydrogen-bond acceptors (Lipinski definition) is 3. The molecule has 2 rings (SSSR count). The van der Waals surface area contributed by atoms with Gasteiger partial charge in [-0.2, -0.15) is 0 Å². The Morgan fingerprint density at radius 2 is 2.17 bits per heavy atom. The fourth-order valence-corrected chi connectivity index (χ4v) is 2.11. The summed E-state index contributed by atoms with van der Waals surface area (Å²) in [6.45, 7) is 2.13. The van der Waals surface area contributed by atoms with Crippen LogP contribution in [0.3, 0.4) is 0 Å². The summed E-state index contributed by atoms with van der Waals surface area (Å²) in [5.41, 5.74) is 3.69. The molecule has 0 aliphatic carbocycles. The molecule has 1 heterocycles. The smallest absolute Gasteiger partial charge is 0.0756 e. The molecular weight excluding hydrogens is 222 g/mol. The Kier molecular flexibility index (Phi) is 4.42. The first-order valence-corrected chi connectivity index (χ1v) is 6.28. The van der Waals surface area contributed by atoms with Gasteiger partial charge in [0.15, 0.2) is 0 Å². The maximum atomic E-state index is 4.35. The van der Waals surface area contributed by atoms with Gasteiger partial charge in [-0.15, -0.1) is 0 Å². The molecule has 0 amide bonds. The van der Waals surface area contributed by atoms with E-state index in [1.807, 2.05) is 13.2 Å². The van der Waals surface area contributed by atoms with Gasteiger partial charge in [0.1, 0.15) is 0 Å². The van der Waals surface area contributed by atoms with E-state index in [1.54, 1.807) is 12.4 Å². The lowest BCUT2D eigenvalue weighted by atomic mass is 10.0. The zero-order valence-electron chi connectivity index (χ0n) is 10.9. The Morgan fingerprint density at radius 1 is 1.28 bits per heavy atom. The van der Waals surface area contributed by atoms with Crippen molar-refractivity contribution >= 4 is 0 Å². The molecule has 0 fully saturated rings. The molecule has 0 aliphatic heterocycles. The molecule has 0 saturated carbocycles. The first-order valence-electron chi connectivity index (χ1n) is 6.28. The Labute approximate surface area is 108 Å². The van der Waals surface area contributed by atoms with Gasteiger partial charge in [0.2, 0.25) is 0 Å². The summed E-state index contributed by atoms with van der Waals surface area (Å²) in [7, 11) is 1.97. The highest BCUT2D eigenvalue weighted by atomic mass is 14.9. The summed E-state index contributed by atoms with van der Waals surface area (Å²) in [5.74, 6) is 0.